The zero-order valence-corrected chi connectivity index (χ0v) is 14.6. The van der Waals surface area contributed by atoms with Crippen molar-refractivity contribution < 1.29 is 4.79 Å². The summed E-state index contributed by atoms with van der Waals surface area (Å²) in [4.78, 5) is 17.6. The minimum absolute atomic E-state index is 0.207. The number of rotatable bonds is 3. The maximum atomic E-state index is 13.2. The Balaban J connectivity index is 1.59. The molecule has 1 aliphatic heterocycles. The second kappa shape index (κ2) is 5.62. The zero-order valence-electron chi connectivity index (χ0n) is 14.6. The molecule has 1 amide bonds. The third-order valence-corrected chi connectivity index (χ3v) is 6.03. The Morgan fingerprint density at radius 1 is 1.17 bits per heavy atom. The second-order valence-corrected chi connectivity index (χ2v) is 7.85. The van der Waals surface area contributed by atoms with E-state index in [1.165, 1.54) is 31.2 Å². The first-order chi connectivity index (χ1) is 11.1. The summed E-state index contributed by atoms with van der Waals surface area (Å²) < 4.78 is 1.84. The molecule has 5 nitrogen and oxygen atoms in total. The average Bonchev–Trinajstić information content (AvgIpc) is 3.17. The minimum Gasteiger partial charge on any atom is -0.335 e. The number of carbonyl (C=O) groups excluding carboxylic acids is 1. The topological polar surface area (TPSA) is 41.4 Å². The van der Waals surface area contributed by atoms with Gasteiger partial charge in [-0.1, -0.05) is 0 Å². The molecule has 126 valence electrons. The first-order valence-electron chi connectivity index (χ1n) is 9.06. The van der Waals surface area contributed by atoms with E-state index in [0.717, 1.165) is 43.2 Å². The number of likely N-dealkylation sites (N-methyl/N-ethyl adjacent to an activating group) is 1. The molecule has 0 radical (unpaired) electrons. The summed E-state index contributed by atoms with van der Waals surface area (Å²) in [6, 6.07) is 0.510. The summed E-state index contributed by atoms with van der Waals surface area (Å²) >= 11 is 0. The Morgan fingerprint density at radius 2 is 1.91 bits per heavy atom. The lowest BCUT2D eigenvalue weighted by Gasteiger charge is -2.24. The van der Waals surface area contributed by atoms with Gasteiger partial charge in [-0.3, -0.25) is 9.48 Å². The predicted molar refractivity (Wildman–Crippen MR) is 89.4 cm³/mol. The van der Waals surface area contributed by atoms with E-state index in [0.29, 0.717) is 12.0 Å². The van der Waals surface area contributed by atoms with Gasteiger partial charge in [-0.2, -0.15) is 5.10 Å². The van der Waals surface area contributed by atoms with Crippen molar-refractivity contribution in [1.29, 1.82) is 0 Å². The zero-order chi connectivity index (χ0) is 16.1. The van der Waals surface area contributed by atoms with Gasteiger partial charge in [-0.15, -0.1) is 0 Å². The molecular formula is C18H28N4O. The van der Waals surface area contributed by atoms with Gasteiger partial charge in [0.05, 0.1) is 5.69 Å². The summed E-state index contributed by atoms with van der Waals surface area (Å²) in [6.07, 6.45) is 7.12. The molecule has 4 rings (SSSR count). The van der Waals surface area contributed by atoms with Crippen molar-refractivity contribution in [3.63, 3.8) is 0 Å². The summed E-state index contributed by atoms with van der Waals surface area (Å²) in [5, 5.41) is 4.62. The number of hydrogen-bond acceptors (Lipinski definition) is 3. The molecule has 2 heterocycles. The lowest BCUT2D eigenvalue weighted by Crippen LogP contribution is -2.37. The van der Waals surface area contributed by atoms with E-state index < -0.39 is 0 Å². The number of fused-ring (bicyclic) bond motifs is 1. The van der Waals surface area contributed by atoms with E-state index in [2.05, 4.69) is 29.0 Å². The number of likely N-dealkylation sites (tertiary alicyclic amines) is 1. The van der Waals surface area contributed by atoms with Crippen LogP contribution >= 0.6 is 0 Å². The molecule has 2 fully saturated rings. The third-order valence-electron chi connectivity index (χ3n) is 6.03. The summed E-state index contributed by atoms with van der Waals surface area (Å²) in [6.45, 7) is 1.79. The molecule has 0 bridgehead atoms. The van der Waals surface area contributed by atoms with Crippen molar-refractivity contribution in [1.82, 2.24) is 19.6 Å². The van der Waals surface area contributed by atoms with Crippen LogP contribution < -0.4 is 0 Å². The Labute approximate surface area is 138 Å². The van der Waals surface area contributed by atoms with Crippen molar-refractivity contribution >= 4 is 5.91 Å². The van der Waals surface area contributed by atoms with E-state index in [-0.39, 0.29) is 5.91 Å². The second-order valence-electron chi connectivity index (χ2n) is 7.85. The third kappa shape index (κ3) is 2.59. The van der Waals surface area contributed by atoms with Crippen LogP contribution in [0.25, 0.3) is 0 Å². The van der Waals surface area contributed by atoms with Crippen molar-refractivity contribution in [2.24, 2.45) is 18.9 Å². The van der Waals surface area contributed by atoms with Crippen molar-refractivity contribution in [3.8, 4) is 0 Å². The van der Waals surface area contributed by atoms with Gasteiger partial charge in [0, 0.05) is 31.7 Å². The molecule has 2 aliphatic carbocycles. The van der Waals surface area contributed by atoms with Crippen LogP contribution in [0.1, 0.15) is 47.4 Å². The first-order valence-corrected chi connectivity index (χ1v) is 9.06. The quantitative estimate of drug-likeness (QED) is 0.852. The monoisotopic (exact) mass is 316 g/mol. The van der Waals surface area contributed by atoms with Gasteiger partial charge < -0.3 is 9.80 Å². The molecular weight excluding hydrogens is 288 g/mol. The van der Waals surface area contributed by atoms with E-state index in [4.69, 9.17) is 0 Å². The van der Waals surface area contributed by atoms with Gasteiger partial charge in [-0.25, -0.2) is 0 Å². The van der Waals surface area contributed by atoms with Crippen LogP contribution in [0.3, 0.4) is 0 Å². The molecule has 23 heavy (non-hydrogen) atoms. The van der Waals surface area contributed by atoms with Crippen LogP contribution in [-0.2, 0) is 19.9 Å². The van der Waals surface area contributed by atoms with Crippen LogP contribution in [-0.4, -0.2) is 58.7 Å². The number of carbonyl (C=O) groups is 1. The number of aryl methyl sites for hydroxylation is 2. The van der Waals surface area contributed by atoms with Crippen molar-refractivity contribution in [3.05, 3.63) is 17.0 Å². The maximum Gasteiger partial charge on any atom is 0.272 e. The summed E-state index contributed by atoms with van der Waals surface area (Å²) in [5.74, 6) is 1.69. The van der Waals surface area contributed by atoms with Crippen molar-refractivity contribution in [2.75, 3.05) is 27.2 Å². The smallest absolute Gasteiger partial charge is 0.272 e. The van der Waals surface area contributed by atoms with Crippen LogP contribution in [0.15, 0.2) is 0 Å². The molecule has 0 N–H and O–H groups in total. The molecule has 1 aromatic heterocycles. The molecule has 5 heteroatoms. The number of hydrogen-bond donors (Lipinski definition) is 0. The molecule has 0 aromatic carbocycles. The summed E-state index contributed by atoms with van der Waals surface area (Å²) in [7, 11) is 6.24. The SMILES string of the molecule is CN(C)[C@@H]1CN(C(=O)c2c3c(nn2C)CCCC3)C[C@H]1C1CC1. The van der Waals surface area contributed by atoms with Gasteiger partial charge in [0.25, 0.3) is 5.91 Å². The Hall–Kier alpha value is -1.36. The first kappa shape index (κ1) is 15.2. The highest BCUT2D eigenvalue weighted by atomic mass is 16.2. The van der Waals surface area contributed by atoms with Gasteiger partial charge >= 0.3 is 0 Å². The molecule has 0 unspecified atom stereocenters. The predicted octanol–water partition coefficient (Wildman–Crippen LogP) is 1.71. The lowest BCUT2D eigenvalue weighted by molar-refractivity contribution is 0.0768. The number of amides is 1. The molecule has 1 aromatic rings. The minimum atomic E-state index is 0.207. The molecule has 1 saturated heterocycles. The van der Waals surface area contributed by atoms with Gasteiger partial charge in [-0.05, 0) is 64.5 Å². The standard InChI is InChI=1S/C18H28N4O/c1-20(2)16-11-22(10-14(16)12-8-9-12)18(23)17-13-6-4-5-7-15(13)19-21(17)3/h12,14,16H,4-11H2,1-3H3/t14-,16+/m0/s1. The highest BCUT2D eigenvalue weighted by Crippen LogP contribution is 2.43. The highest BCUT2D eigenvalue weighted by molar-refractivity contribution is 5.94. The van der Waals surface area contributed by atoms with E-state index >= 15 is 0 Å². The maximum absolute atomic E-state index is 13.2. The van der Waals surface area contributed by atoms with E-state index in [9.17, 15) is 4.79 Å². The Morgan fingerprint density at radius 3 is 2.61 bits per heavy atom. The van der Waals surface area contributed by atoms with Crippen molar-refractivity contribution in [2.45, 2.75) is 44.6 Å². The number of nitrogens with zero attached hydrogens (tertiary/aromatic N) is 4. The lowest BCUT2D eigenvalue weighted by atomic mass is 9.95. The van der Waals surface area contributed by atoms with Crippen LogP contribution in [0, 0.1) is 11.8 Å². The summed E-state index contributed by atoms with van der Waals surface area (Å²) in [5.41, 5.74) is 3.23. The average molecular weight is 316 g/mol. The Kier molecular flexibility index (Phi) is 3.71. The van der Waals surface area contributed by atoms with Crippen LogP contribution in [0.4, 0.5) is 0 Å². The van der Waals surface area contributed by atoms with Crippen LogP contribution in [0.5, 0.6) is 0 Å². The largest absolute Gasteiger partial charge is 0.335 e. The fourth-order valence-electron chi connectivity index (χ4n) is 4.61. The van der Waals surface area contributed by atoms with Gasteiger partial charge in [0.1, 0.15) is 5.69 Å². The molecule has 0 spiro atoms. The van der Waals surface area contributed by atoms with E-state index in [1.54, 1.807) is 0 Å². The fraction of sp³-hybridized carbons (Fsp3) is 0.778. The fourth-order valence-corrected chi connectivity index (χ4v) is 4.61. The van der Waals surface area contributed by atoms with Gasteiger partial charge in [0.15, 0.2) is 0 Å². The number of aromatic nitrogens is 2. The highest BCUT2D eigenvalue weighted by Gasteiger charge is 2.45. The Bertz CT molecular complexity index is 607. The van der Waals surface area contributed by atoms with E-state index in [1.807, 2.05) is 11.7 Å². The normalized spacial score (nSPS) is 27.6. The molecule has 3 aliphatic rings. The molecule has 1 saturated carbocycles. The molecule has 2 atom stereocenters. The van der Waals surface area contributed by atoms with Gasteiger partial charge in [0.2, 0.25) is 0 Å². The van der Waals surface area contributed by atoms with Crippen LogP contribution in [0.2, 0.25) is 0 Å².